The molecule has 3 aromatic carbocycles. The van der Waals surface area contributed by atoms with Crippen LogP contribution in [-0.4, -0.2) is 30.3 Å². The number of urea groups is 1. The molecular weight excluding hydrogens is 406 g/mol. The minimum Gasteiger partial charge on any atom is -0.352 e. The van der Waals surface area contributed by atoms with Crippen molar-refractivity contribution in [1.29, 1.82) is 0 Å². The highest BCUT2D eigenvalue weighted by Gasteiger charge is 2.26. The van der Waals surface area contributed by atoms with E-state index in [1.807, 2.05) is 54.6 Å². The Morgan fingerprint density at radius 1 is 0.968 bits per heavy atom. The minimum absolute atomic E-state index is 0.121. The van der Waals surface area contributed by atoms with Crippen molar-refractivity contribution in [2.75, 3.05) is 23.3 Å². The van der Waals surface area contributed by atoms with E-state index in [0.29, 0.717) is 29.6 Å². The van der Waals surface area contributed by atoms with Gasteiger partial charge in [-0.15, -0.1) is 11.8 Å². The van der Waals surface area contributed by atoms with E-state index >= 15 is 0 Å². The smallest absolute Gasteiger partial charge is 0.326 e. The van der Waals surface area contributed by atoms with Crippen LogP contribution in [0.4, 0.5) is 16.2 Å². The van der Waals surface area contributed by atoms with Gasteiger partial charge in [0.05, 0.1) is 5.69 Å². The van der Waals surface area contributed by atoms with Gasteiger partial charge in [-0.2, -0.15) is 0 Å². The molecule has 0 aromatic heterocycles. The van der Waals surface area contributed by atoms with Crippen LogP contribution in [0.25, 0.3) is 0 Å². The first kappa shape index (κ1) is 21.0. The van der Waals surface area contributed by atoms with Gasteiger partial charge in [-0.05, 0) is 48.4 Å². The van der Waals surface area contributed by atoms with Crippen molar-refractivity contribution in [1.82, 2.24) is 5.32 Å². The highest BCUT2D eigenvalue weighted by Crippen LogP contribution is 2.38. The third-order valence-corrected chi connectivity index (χ3v) is 6.26. The van der Waals surface area contributed by atoms with Crippen LogP contribution in [-0.2, 0) is 6.42 Å². The van der Waals surface area contributed by atoms with Crippen LogP contribution >= 0.6 is 11.8 Å². The molecule has 1 aliphatic rings. The Bertz CT molecular complexity index is 1050. The second-order valence-electron chi connectivity index (χ2n) is 7.51. The maximum Gasteiger partial charge on any atom is 0.326 e. The molecule has 2 N–H and O–H groups in total. The van der Waals surface area contributed by atoms with Gasteiger partial charge >= 0.3 is 6.03 Å². The third kappa shape index (κ3) is 5.27. The number of carbonyl (C=O) groups is 2. The first-order valence-electron chi connectivity index (χ1n) is 10.4. The summed E-state index contributed by atoms with van der Waals surface area (Å²) in [4.78, 5) is 28.2. The minimum atomic E-state index is -0.167. The van der Waals surface area contributed by atoms with Crippen LogP contribution in [0, 0.1) is 0 Å². The van der Waals surface area contributed by atoms with Crippen molar-refractivity contribution in [2.45, 2.75) is 23.5 Å². The highest BCUT2D eigenvalue weighted by atomic mass is 32.2. The maximum atomic E-state index is 12.9. The molecule has 1 aliphatic heterocycles. The number of hydrogen-bond donors (Lipinski definition) is 2. The number of hydrogen-bond acceptors (Lipinski definition) is 3. The average molecular weight is 432 g/mol. The number of para-hydroxylation sites is 1. The molecule has 0 spiro atoms. The van der Waals surface area contributed by atoms with Crippen molar-refractivity contribution in [2.24, 2.45) is 0 Å². The first-order chi connectivity index (χ1) is 15.1. The van der Waals surface area contributed by atoms with Crippen molar-refractivity contribution in [3.8, 4) is 0 Å². The van der Waals surface area contributed by atoms with E-state index in [2.05, 4.69) is 17.6 Å². The Balaban J connectivity index is 1.34. The number of rotatable bonds is 5. The molecule has 1 heterocycles. The molecule has 158 valence electrons. The lowest BCUT2D eigenvalue weighted by Crippen LogP contribution is -2.41. The molecular formula is C25H25N3O2S. The molecule has 0 saturated heterocycles. The van der Waals surface area contributed by atoms with E-state index in [-0.39, 0.29) is 11.9 Å². The van der Waals surface area contributed by atoms with Gasteiger partial charge in [0.1, 0.15) is 0 Å². The van der Waals surface area contributed by atoms with Gasteiger partial charge < -0.3 is 10.6 Å². The quantitative estimate of drug-likeness (QED) is 0.584. The van der Waals surface area contributed by atoms with Crippen LogP contribution in [0.2, 0.25) is 0 Å². The Morgan fingerprint density at radius 3 is 2.45 bits per heavy atom. The van der Waals surface area contributed by atoms with Gasteiger partial charge in [0.2, 0.25) is 0 Å². The van der Waals surface area contributed by atoms with Gasteiger partial charge in [-0.25, -0.2) is 4.79 Å². The Labute approximate surface area is 186 Å². The molecule has 1 unspecified atom stereocenters. The number of benzene rings is 3. The van der Waals surface area contributed by atoms with Crippen LogP contribution in [0.3, 0.4) is 0 Å². The van der Waals surface area contributed by atoms with Gasteiger partial charge in [-0.3, -0.25) is 9.69 Å². The molecule has 5 nitrogen and oxygen atoms in total. The topological polar surface area (TPSA) is 61.4 Å². The Hall–Kier alpha value is -3.25. The fourth-order valence-electron chi connectivity index (χ4n) is 3.54. The summed E-state index contributed by atoms with van der Waals surface area (Å²) in [5, 5.41) is 6.21. The molecule has 3 aromatic rings. The monoisotopic (exact) mass is 431 g/mol. The van der Waals surface area contributed by atoms with Crippen molar-refractivity contribution in [3.63, 3.8) is 0 Å². The molecule has 0 saturated carbocycles. The summed E-state index contributed by atoms with van der Waals surface area (Å²) in [5.41, 5.74) is 3.35. The number of thioether (sulfide) groups is 1. The van der Waals surface area contributed by atoms with Gasteiger partial charge in [-0.1, -0.05) is 49.4 Å². The molecule has 1 atom stereocenters. The molecule has 31 heavy (non-hydrogen) atoms. The SMILES string of the molecule is CC1CN(C(=O)Nc2ccc(C(=O)NCCc3ccccc3)cc2)c2ccccc2S1. The third-order valence-electron chi connectivity index (χ3n) is 5.11. The lowest BCUT2D eigenvalue weighted by Gasteiger charge is -2.32. The van der Waals surface area contributed by atoms with Crippen molar-refractivity contribution >= 4 is 35.1 Å². The van der Waals surface area contributed by atoms with Gasteiger partial charge in [0.25, 0.3) is 5.91 Å². The van der Waals surface area contributed by atoms with E-state index in [4.69, 9.17) is 0 Å². The van der Waals surface area contributed by atoms with Crippen molar-refractivity contribution < 1.29 is 9.59 Å². The second-order valence-corrected chi connectivity index (χ2v) is 8.99. The fraction of sp³-hybridized carbons (Fsp3) is 0.200. The van der Waals surface area contributed by atoms with E-state index in [9.17, 15) is 9.59 Å². The van der Waals surface area contributed by atoms with Crippen LogP contribution in [0.1, 0.15) is 22.8 Å². The first-order valence-corrected chi connectivity index (χ1v) is 11.2. The van der Waals surface area contributed by atoms with Crippen LogP contribution in [0.15, 0.2) is 83.8 Å². The predicted octanol–water partition coefficient (Wildman–Crippen LogP) is 5.19. The average Bonchev–Trinajstić information content (AvgIpc) is 2.79. The van der Waals surface area contributed by atoms with Gasteiger partial charge in [0.15, 0.2) is 0 Å². The summed E-state index contributed by atoms with van der Waals surface area (Å²) >= 11 is 1.78. The number of nitrogens with one attached hydrogen (secondary N) is 2. The van der Waals surface area contributed by atoms with E-state index < -0.39 is 0 Å². The number of carbonyl (C=O) groups excluding carboxylic acids is 2. The van der Waals surface area contributed by atoms with Crippen LogP contribution in [0.5, 0.6) is 0 Å². The molecule has 0 radical (unpaired) electrons. The predicted molar refractivity (Wildman–Crippen MR) is 127 cm³/mol. The summed E-state index contributed by atoms with van der Waals surface area (Å²) in [7, 11) is 0. The van der Waals surface area contributed by atoms with Crippen molar-refractivity contribution in [3.05, 3.63) is 90.0 Å². The molecule has 4 rings (SSSR count). The highest BCUT2D eigenvalue weighted by molar-refractivity contribution is 8.00. The lowest BCUT2D eigenvalue weighted by atomic mass is 10.1. The fourth-order valence-corrected chi connectivity index (χ4v) is 4.66. The number of nitrogens with zero attached hydrogens (tertiary/aromatic N) is 1. The Morgan fingerprint density at radius 2 is 1.68 bits per heavy atom. The zero-order chi connectivity index (χ0) is 21.6. The number of amides is 3. The van der Waals surface area contributed by atoms with Crippen LogP contribution < -0.4 is 15.5 Å². The molecule has 6 heteroatoms. The maximum absolute atomic E-state index is 12.9. The van der Waals surface area contributed by atoms with E-state index in [1.165, 1.54) is 5.56 Å². The standard InChI is InChI=1S/C25H25N3O2S/c1-18-17-28(22-9-5-6-10-23(22)31-18)25(30)27-21-13-11-20(12-14-21)24(29)26-16-15-19-7-3-2-4-8-19/h2-14,18H,15-17H2,1H3,(H,26,29)(H,27,30). The second kappa shape index (κ2) is 9.71. The molecule has 0 aliphatic carbocycles. The summed E-state index contributed by atoms with van der Waals surface area (Å²) in [6.07, 6.45) is 0.786. The largest absolute Gasteiger partial charge is 0.352 e. The summed E-state index contributed by atoms with van der Waals surface area (Å²) in [5.74, 6) is -0.121. The normalized spacial score (nSPS) is 15.1. The number of anilines is 2. The zero-order valence-electron chi connectivity index (χ0n) is 17.4. The van der Waals surface area contributed by atoms with E-state index in [1.54, 1.807) is 40.9 Å². The molecule has 3 amide bonds. The number of fused-ring (bicyclic) bond motifs is 1. The zero-order valence-corrected chi connectivity index (χ0v) is 18.2. The summed E-state index contributed by atoms with van der Waals surface area (Å²) in [6, 6.07) is 24.8. The lowest BCUT2D eigenvalue weighted by molar-refractivity contribution is 0.0954. The van der Waals surface area contributed by atoms with E-state index in [0.717, 1.165) is 17.0 Å². The molecule has 0 fully saturated rings. The summed E-state index contributed by atoms with van der Waals surface area (Å²) < 4.78 is 0. The molecule has 0 bridgehead atoms. The van der Waals surface area contributed by atoms with Gasteiger partial charge in [0, 0.05) is 34.5 Å². The Kier molecular flexibility index (Phi) is 6.57. The summed E-state index contributed by atoms with van der Waals surface area (Å²) in [6.45, 7) is 3.34.